The Hall–Kier alpha value is -0.710. The summed E-state index contributed by atoms with van der Waals surface area (Å²) in [5.74, 6) is -0.112. The van der Waals surface area contributed by atoms with Gasteiger partial charge >= 0.3 is 6.36 Å². The summed E-state index contributed by atoms with van der Waals surface area (Å²) in [5, 5.41) is 0.830. The van der Waals surface area contributed by atoms with Gasteiger partial charge in [-0.05, 0) is 37.0 Å². The van der Waals surface area contributed by atoms with Gasteiger partial charge in [-0.15, -0.1) is 13.2 Å². The van der Waals surface area contributed by atoms with Crippen LogP contribution in [-0.4, -0.2) is 11.7 Å². The van der Waals surface area contributed by atoms with Gasteiger partial charge in [0.15, 0.2) is 0 Å². The van der Waals surface area contributed by atoms with Crippen molar-refractivity contribution in [1.29, 1.82) is 0 Å². The number of hydrogen-bond donors (Lipinski definition) is 0. The number of aryl methyl sites for hydroxylation is 2. The first kappa shape index (κ1) is 13.4. The highest BCUT2D eigenvalue weighted by Gasteiger charge is 2.31. The minimum absolute atomic E-state index is 0.112. The lowest BCUT2D eigenvalue weighted by Crippen LogP contribution is -2.17. The van der Waals surface area contributed by atoms with Crippen molar-refractivity contribution in [3.8, 4) is 5.75 Å². The van der Waals surface area contributed by atoms with Crippen molar-refractivity contribution in [2.45, 2.75) is 26.1 Å². The van der Waals surface area contributed by atoms with Gasteiger partial charge < -0.3 is 4.74 Å². The maximum absolute atomic E-state index is 12.1. The van der Waals surface area contributed by atoms with E-state index in [1.807, 2.05) is 6.07 Å². The van der Waals surface area contributed by atoms with Crippen LogP contribution >= 0.6 is 15.9 Å². The van der Waals surface area contributed by atoms with Crippen molar-refractivity contribution >= 4 is 15.9 Å². The maximum atomic E-state index is 12.1. The van der Waals surface area contributed by atoms with E-state index in [-0.39, 0.29) is 5.75 Å². The fourth-order valence-electron chi connectivity index (χ4n) is 1.31. The van der Waals surface area contributed by atoms with Gasteiger partial charge in [-0.25, -0.2) is 0 Å². The Morgan fingerprint density at radius 3 is 2.56 bits per heavy atom. The molecule has 0 N–H and O–H groups in total. The molecule has 0 aliphatic heterocycles. The average Bonchev–Trinajstić information content (AvgIpc) is 2.17. The fraction of sp³-hybridized carbons (Fsp3) is 0.455. The second-order valence-electron chi connectivity index (χ2n) is 3.44. The highest BCUT2D eigenvalue weighted by molar-refractivity contribution is 9.09. The van der Waals surface area contributed by atoms with E-state index in [2.05, 4.69) is 20.7 Å². The van der Waals surface area contributed by atoms with E-state index in [1.54, 1.807) is 13.0 Å². The zero-order valence-corrected chi connectivity index (χ0v) is 10.4. The van der Waals surface area contributed by atoms with E-state index in [0.29, 0.717) is 5.56 Å². The van der Waals surface area contributed by atoms with Gasteiger partial charge in [0.2, 0.25) is 0 Å². The largest absolute Gasteiger partial charge is 0.573 e. The predicted molar refractivity (Wildman–Crippen MR) is 60.0 cm³/mol. The van der Waals surface area contributed by atoms with Crippen molar-refractivity contribution in [3.63, 3.8) is 0 Å². The van der Waals surface area contributed by atoms with Crippen LogP contribution in [0.2, 0.25) is 0 Å². The van der Waals surface area contributed by atoms with E-state index in [9.17, 15) is 13.2 Å². The van der Waals surface area contributed by atoms with Gasteiger partial charge in [0.05, 0.1) is 0 Å². The Kier molecular flexibility index (Phi) is 4.65. The number of rotatable bonds is 4. The van der Waals surface area contributed by atoms with Gasteiger partial charge in [0.25, 0.3) is 0 Å². The van der Waals surface area contributed by atoms with Crippen LogP contribution in [0.5, 0.6) is 5.75 Å². The van der Waals surface area contributed by atoms with E-state index in [1.165, 1.54) is 6.07 Å². The molecule has 0 atom stereocenters. The molecule has 0 spiro atoms. The third kappa shape index (κ3) is 4.43. The minimum atomic E-state index is -4.63. The van der Waals surface area contributed by atoms with Gasteiger partial charge in [0.1, 0.15) is 5.75 Å². The molecule has 0 amide bonds. The summed E-state index contributed by atoms with van der Waals surface area (Å²) in [6.07, 6.45) is -3.01. The van der Waals surface area contributed by atoms with Crippen LogP contribution in [-0.2, 0) is 6.42 Å². The van der Waals surface area contributed by atoms with E-state index in [4.69, 9.17) is 0 Å². The van der Waals surface area contributed by atoms with Gasteiger partial charge in [-0.2, -0.15) is 0 Å². The first-order chi connectivity index (χ1) is 7.42. The third-order valence-corrected chi connectivity index (χ3v) is 2.64. The number of halogens is 4. The summed E-state index contributed by atoms with van der Waals surface area (Å²) in [4.78, 5) is 0. The molecule has 0 aliphatic carbocycles. The molecular weight excluding hydrogens is 285 g/mol. The standard InChI is InChI=1S/C11H12BrF3O/c1-8-4-5-9(3-2-6-12)7-10(8)16-11(13,14)15/h4-5,7H,2-3,6H2,1H3. The third-order valence-electron chi connectivity index (χ3n) is 2.08. The molecule has 0 fully saturated rings. The lowest BCUT2D eigenvalue weighted by molar-refractivity contribution is -0.274. The van der Waals surface area contributed by atoms with Crippen molar-refractivity contribution < 1.29 is 17.9 Å². The van der Waals surface area contributed by atoms with Crippen LogP contribution in [0.3, 0.4) is 0 Å². The monoisotopic (exact) mass is 296 g/mol. The molecule has 0 radical (unpaired) electrons. The molecule has 0 aromatic heterocycles. The molecule has 0 aliphatic rings. The number of hydrogen-bond acceptors (Lipinski definition) is 1. The quantitative estimate of drug-likeness (QED) is 0.756. The van der Waals surface area contributed by atoms with Crippen molar-refractivity contribution in [2.24, 2.45) is 0 Å². The fourth-order valence-corrected chi connectivity index (χ4v) is 1.59. The van der Waals surface area contributed by atoms with E-state index in [0.717, 1.165) is 23.7 Å². The number of alkyl halides is 4. The summed E-state index contributed by atoms with van der Waals surface area (Å²) in [6, 6.07) is 4.91. The molecule has 0 unspecified atom stereocenters. The molecule has 0 heterocycles. The van der Waals surface area contributed by atoms with E-state index < -0.39 is 6.36 Å². The molecule has 5 heteroatoms. The zero-order chi connectivity index (χ0) is 12.2. The van der Waals surface area contributed by atoms with Gasteiger partial charge in [0, 0.05) is 5.33 Å². The summed E-state index contributed by atoms with van der Waals surface area (Å²) < 4.78 is 40.2. The molecule has 1 aromatic carbocycles. The van der Waals surface area contributed by atoms with Gasteiger partial charge in [-0.3, -0.25) is 0 Å². The Balaban J connectivity index is 2.82. The molecule has 0 bridgehead atoms. The second-order valence-corrected chi connectivity index (χ2v) is 4.23. The maximum Gasteiger partial charge on any atom is 0.573 e. The Labute approximate surface area is 101 Å². The van der Waals surface area contributed by atoms with Crippen LogP contribution in [0.4, 0.5) is 13.2 Å². The summed E-state index contributed by atoms with van der Waals surface area (Å²) in [7, 11) is 0. The molecule has 0 saturated heterocycles. The molecule has 16 heavy (non-hydrogen) atoms. The molecule has 90 valence electrons. The van der Waals surface area contributed by atoms with Crippen molar-refractivity contribution in [1.82, 2.24) is 0 Å². The molecule has 0 saturated carbocycles. The topological polar surface area (TPSA) is 9.23 Å². The molecular formula is C11H12BrF3O. The summed E-state index contributed by atoms with van der Waals surface area (Å²) >= 11 is 3.28. The molecule has 1 rings (SSSR count). The van der Waals surface area contributed by atoms with Crippen LogP contribution in [0.25, 0.3) is 0 Å². The Morgan fingerprint density at radius 2 is 2.00 bits per heavy atom. The Bertz CT molecular complexity index is 350. The minimum Gasteiger partial charge on any atom is -0.406 e. The number of ether oxygens (including phenoxy) is 1. The molecule has 1 nitrogen and oxygen atoms in total. The zero-order valence-electron chi connectivity index (χ0n) is 8.77. The smallest absolute Gasteiger partial charge is 0.406 e. The average molecular weight is 297 g/mol. The number of benzene rings is 1. The van der Waals surface area contributed by atoms with Crippen LogP contribution in [0.15, 0.2) is 18.2 Å². The highest BCUT2D eigenvalue weighted by atomic mass is 79.9. The van der Waals surface area contributed by atoms with Crippen molar-refractivity contribution in [2.75, 3.05) is 5.33 Å². The lowest BCUT2D eigenvalue weighted by Gasteiger charge is -2.12. The first-order valence-electron chi connectivity index (χ1n) is 4.83. The highest BCUT2D eigenvalue weighted by Crippen LogP contribution is 2.27. The van der Waals surface area contributed by atoms with Gasteiger partial charge in [-0.1, -0.05) is 28.1 Å². The summed E-state index contributed by atoms with van der Waals surface area (Å²) in [5.41, 5.74) is 1.34. The predicted octanol–water partition coefficient (Wildman–Crippen LogP) is 4.22. The lowest BCUT2D eigenvalue weighted by atomic mass is 10.1. The normalized spacial score (nSPS) is 11.6. The van der Waals surface area contributed by atoms with Crippen molar-refractivity contribution in [3.05, 3.63) is 29.3 Å². The summed E-state index contributed by atoms with van der Waals surface area (Å²) in [6.45, 7) is 1.59. The SMILES string of the molecule is Cc1ccc(CCCBr)cc1OC(F)(F)F. The van der Waals surface area contributed by atoms with E-state index >= 15 is 0 Å². The second kappa shape index (κ2) is 5.57. The molecule has 1 aromatic rings. The Morgan fingerprint density at radius 1 is 1.31 bits per heavy atom. The van der Waals surface area contributed by atoms with Crippen LogP contribution in [0.1, 0.15) is 17.5 Å². The van der Waals surface area contributed by atoms with Crippen LogP contribution < -0.4 is 4.74 Å². The van der Waals surface area contributed by atoms with Crippen LogP contribution in [0, 0.1) is 6.92 Å². The first-order valence-corrected chi connectivity index (χ1v) is 5.96.